The molecule has 0 radical (unpaired) electrons. The fraction of sp³-hybridized carbons (Fsp3) is 0.545. The van der Waals surface area contributed by atoms with Crippen molar-refractivity contribution in [3.63, 3.8) is 0 Å². The van der Waals surface area contributed by atoms with Crippen molar-refractivity contribution in [3.05, 3.63) is 28.0 Å². The first kappa shape index (κ1) is 10.2. The Morgan fingerprint density at radius 2 is 2.33 bits per heavy atom. The van der Waals surface area contributed by atoms with E-state index >= 15 is 0 Å². The van der Waals surface area contributed by atoms with Crippen LogP contribution in [0.5, 0.6) is 0 Å². The average Bonchev–Trinajstić information content (AvgIpc) is 2.16. The van der Waals surface area contributed by atoms with Crippen molar-refractivity contribution in [2.75, 3.05) is 25.9 Å². The highest BCUT2D eigenvalue weighted by Gasteiger charge is 2.19. The van der Waals surface area contributed by atoms with Crippen molar-refractivity contribution in [3.8, 4) is 0 Å². The van der Waals surface area contributed by atoms with E-state index in [0.29, 0.717) is 11.7 Å². The number of piperidine rings is 1. The average molecular weight is 207 g/mol. The smallest absolute Gasteiger partial charge is 0.249 e. The normalized spacial score (nSPS) is 22.9. The number of nitrogens with two attached hydrogens (primary N) is 1. The van der Waals surface area contributed by atoms with Gasteiger partial charge in [-0.25, -0.2) is 0 Å². The number of H-pyrrole nitrogens is 1. The van der Waals surface area contributed by atoms with Gasteiger partial charge in [0.1, 0.15) is 5.82 Å². The Morgan fingerprint density at radius 1 is 1.53 bits per heavy atom. The predicted octanol–water partition coefficient (Wildman–Crippen LogP) is 0.766. The van der Waals surface area contributed by atoms with Crippen LogP contribution in [0.25, 0.3) is 0 Å². The van der Waals surface area contributed by atoms with E-state index in [4.69, 9.17) is 5.73 Å². The van der Waals surface area contributed by atoms with E-state index in [9.17, 15) is 4.79 Å². The fourth-order valence-corrected chi connectivity index (χ4v) is 2.26. The van der Waals surface area contributed by atoms with Crippen LogP contribution in [-0.4, -0.2) is 30.0 Å². The van der Waals surface area contributed by atoms with Gasteiger partial charge in [-0.2, -0.15) is 0 Å². The summed E-state index contributed by atoms with van der Waals surface area (Å²) < 4.78 is 0. The Hall–Kier alpha value is -1.29. The number of pyridine rings is 1. The molecule has 0 amide bonds. The summed E-state index contributed by atoms with van der Waals surface area (Å²) in [7, 11) is 2.11. The van der Waals surface area contributed by atoms with Crippen LogP contribution in [0.4, 0.5) is 5.82 Å². The zero-order chi connectivity index (χ0) is 10.8. The second-order valence-electron chi connectivity index (χ2n) is 4.33. The van der Waals surface area contributed by atoms with E-state index in [1.165, 1.54) is 6.42 Å². The van der Waals surface area contributed by atoms with Crippen LogP contribution >= 0.6 is 0 Å². The van der Waals surface area contributed by atoms with Gasteiger partial charge in [-0.15, -0.1) is 0 Å². The van der Waals surface area contributed by atoms with Crippen LogP contribution in [0.1, 0.15) is 24.3 Å². The number of hydrogen-bond donors (Lipinski definition) is 2. The monoisotopic (exact) mass is 207 g/mol. The maximum absolute atomic E-state index is 11.3. The highest BCUT2D eigenvalue weighted by Crippen LogP contribution is 2.25. The van der Waals surface area contributed by atoms with Crippen LogP contribution in [0, 0.1) is 0 Å². The van der Waals surface area contributed by atoms with Crippen molar-refractivity contribution in [1.82, 2.24) is 9.88 Å². The lowest BCUT2D eigenvalue weighted by atomic mass is 9.91. The summed E-state index contributed by atoms with van der Waals surface area (Å²) in [6.07, 6.45) is 2.33. The van der Waals surface area contributed by atoms with Gasteiger partial charge < -0.3 is 15.6 Å². The van der Waals surface area contributed by atoms with Gasteiger partial charge in [-0.05, 0) is 44.0 Å². The van der Waals surface area contributed by atoms with E-state index in [1.54, 1.807) is 6.07 Å². The van der Waals surface area contributed by atoms with Gasteiger partial charge in [-0.3, -0.25) is 4.79 Å². The van der Waals surface area contributed by atoms with Crippen LogP contribution < -0.4 is 11.3 Å². The number of likely N-dealkylation sites (tertiary alicyclic amines) is 1. The largest absolute Gasteiger partial charge is 0.385 e. The summed E-state index contributed by atoms with van der Waals surface area (Å²) in [6.45, 7) is 2.16. The number of anilines is 1. The molecule has 0 saturated carbocycles. The van der Waals surface area contributed by atoms with Gasteiger partial charge in [0, 0.05) is 12.6 Å². The number of hydrogen-bond acceptors (Lipinski definition) is 3. The van der Waals surface area contributed by atoms with E-state index in [2.05, 4.69) is 16.9 Å². The van der Waals surface area contributed by atoms with Crippen molar-refractivity contribution >= 4 is 5.82 Å². The second kappa shape index (κ2) is 4.06. The van der Waals surface area contributed by atoms with Gasteiger partial charge in [0.15, 0.2) is 0 Å². The molecular formula is C11H17N3O. The Labute approximate surface area is 89.1 Å². The lowest BCUT2D eigenvalue weighted by Gasteiger charge is -2.29. The molecule has 0 bridgehead atoms. The number of nitrogens with zero attached hydrogens (tertiary/aromatic N) is 1. The summed E-state index contributed by atoms with van der Waals surface area (Å²) in [4.78, 5) is 16.2. The molecule has 1 unspecified atom stereocenters. The first-order valence-corrected chi connectivity index (χ1v) is 5.33. The molecule has 0 aliphatic carbocycles. The minimum absolute atomic E-state index is 0.0989. The first-order chi connectivity index (χ1) is 7.15. The van der Waals surface area contributed by atoms with Crippen molar-refractivity contribution < 1.29 is 0 Å². The van der Waals surface area contributed by atoms with Gasteiger partial charge in [0.05, 0.1) is 0 Å². The molecule has 0 aromatic carbocycles. The summed E-state index contributed by atoms with van der Waals surface area (Å²) in [5, 5.41) is 0. The number of nitrogens with one attached hydrogen (secondary N) is 1. The summed E-state index contributed by atoms with van der Waals surface area (Å²) in [5.41, 5.74) is 6.60. The summed E-state index contributed by atoms with van der Waals surface area (Å²) in [5.74, 6) is 0.916. The molecule has 2 rings (SSSR count). The number of nitrogen functional groups attached to an aromatic ring is 1. The van der Waals surface area contributed by atoms with Crippen LogP contribution in [0.2, 0.25) is 0 Å². The van der Waals surface area contributed by atoms with Gasteiger partial charge in [-0.1, -0.05) is 0 Å². The van der Waals surface area contributed by atoms with Crippen molar-refractivity contribution in [2.45, 2.75) is 18.8 Å². The minimum Gasteiger partial charge on any atom is -0.385 e. The minimum atomic E-state index is -0.0989. The van der Waals surface area contributed by atoms with Crippen molar-refractivity contribution in [2.24, 2.45) is 0 Å². The SMILES string of the molecule is CN1CCCC(c2cc(N)[nH]c(=O)c2)C1. The third-order valence-corrected chi connectivity index (χ3v) is 2.98. The van der Waals surface area contributed by atoms with E-state index in [1.807, 2.05) is 6.07 Å². The molecule has 3 N–H and O–H groups in total. The Kier molecular flexibility index (Phi) is 2.77. The standard InChI is InChI=1S/C11H17N3O/c1-14-4-2-3-8(7-14)9-5-10(12)13-11(15)6-9/h5-6,8H,2-4,7H2,1H3,(H3,12,13,15). The van der Waals surface area contributed by atoms with Gasteiger partial charge in [0.25, 0.3) is 0 Å². The third-order valence-electron chi connectivity index (χ3n) is 2.98. The maximum Gasteiger partial charge on any atom is 0.249 e. The lowest BCUT2D eigenvalue weighted by Crippen LogP contribution is -2.31. The number of likely N-dealkylation sites (N-methyl/N-ethyl adjacent to an activating group) is 1. The van der Waals surface area contributed by atoms with Gasteiger partial charge in [0.2, 0.25) is 5.56 Å². The molecule has 4 heteroatoms. The van der Waals surface area contributed by atoms with Crippen molar-refractivity contribution in [1.29, 1.82) is 0 Å². The Morgan fingerprint density at radius 3 is 3.00 bits per heavy atom. The third kappa shape index (κ3) is 2.39. The summed E-state index contributed by atoms with van der Waals surface area (Å²) in [6, 6.07) is 3.55. The maximum atomic E-state index is 11.3. The molecule has 2 heterocycles. The molecule has 1 aromatic heterocycles. The molecule has 1 aliphatic heterocycles. The highest BCUT2D eigenvalue weighted by molar-refractivity contribution is 5.34. The molecular weight excluding hydrogens is 190 g/mol. The number of rotatable bonds is 1. The lowest BCUT2D eigenvalue weighted by molar-refractivity contribution is 0.251. The van der Waals surface area contributed by atoms with Gasteiger partial charge >= 0.3 is 0 Å². The van der Waals surface area contributed by atoms with E-state index in [0.717, 1.165) is 25.1 Å². The molecule has 82 valence electrons. The van der Waals surface area contributed by atoms with Crippen LogP contribution in [-0.2, 0) is 0 Å². The molecule has 1 aliphatic rings. The molecule has 1 saturated heterocycles. The second-order valence-corrected chi connectivity index (χ2v) is 4.33. The molecule has 15 heavy (non-hydrogen) atoms. The highest BCUT2D eigenvalue weighted by atomic mass is 16.1. The molecule has 1 fully saturated rings. The Bertz CT molecular complexity index is 399. The Balaban J connectivity index is 2.24. The summed E-state index contributed by atoms with van der Waals surface area (Å²) >= 11 is 0. The molecule has 0 spiro atoms. The first-order valence-electron chi connectivity index (χ1n) is 5.33. The topological polar surface area (TPSA) is 62.1 Å². The predicted molar refractivity (Wildman–Crippen MR) is 60.9 cm³/mol. The van der Waals surface area contributed by atoms with E-state index in [-0.39, 0.29) is 5.56 Å². The quantitative estimate of drug-likeness (QED) is 0.715. The fourth-order valence-electron chi connectivity index (χ4n) is 2.26. The number of aromatic amines is 1. The zero-order valence-corrected chi connectivity index (χ0v) is 8.99. The zero-order valence-electron chi connectivity index (χ0n) is 8.99. The number of aromatic nitrogens is 1. The van der Waals surface area contributed by atoms with Crippen LogP contribution in [0.3, 0.4) is 0 Å². The van der Waals surface area contributed by atoms with Crippen LogP contribution in [0.15, 0.2) is 16.9 Å². The molecule has 4 nitrogen and oxygen atoms in total. The van der Waals surface area contributed by atoms with E-state index < -0.39 is 0 Å². The molecule has 1 atom stereocenters. The molecule has 1 aromatic rings.